The van der Waals surface area contributed by atoms with Gasteiger partial charge in [-0.1, -0.05) is 36.8 Å². The molecule has 0 bridgehead atoms. The molecule has 0 fully saturated rings. The highest BCUT2D eigenvalue weighted by molar-refractivity contribution is 5.27. The summed E-state index contributed by atoms with van der Waals surface area (Å²) in [5.41, 5.74) is 2.41. The van der Waals surface area contributed by atoms with Gasteiger partial charge in [0.05, 0.1) is 11.6 Å². The summed E-state index contributed by atoms with van der Waals surface area (Å²) >= 11 is 0. The zero-order valence-corrected chi connectivity index (χ0v) is 12.4. The Morgan fingerprint density at radius 1 is 1.28 bits per heavy atom. The topological polar surface area (TPSA) is 21.3 Å². The monoisotopic (exact) mass is 249 g/mol. The number of hydrogen-bond donors (Lipinski definition) is 1. The van der Waals surface area contributed by atoms with Crippen molar-refractivity contribution in [1.29, 1.82) is 0 Å². The molecule has 0 aliphatic carbocycles. The standard InChI is InChI=1S/C16H27NO/c1-6-11-17-15(16(4,5)18-7-2)14-10-8-9-13(3)12-14/h8-10,12,15,17H,6-7,11H2,1-5H3. The van der Waals surface area contributed by atoms with E-state index in [2.05, 4.69) is 64.2 Å². The van der Waals surface area contributed by atoms with Crippen LogP contribution in [0.1, 0.15) is 51.3 Å². The minimum atomic E-state index is -0.197. The van der Waals surface area contributed by atoms with Crippen molar-refractivity contribution in [3.8, 4) is 0 Å². The number of hydrogen-bond acceptors (Lipinski definition) is 2. The van der Waals surface area contributed by atoms with Crippen LogP contribution in [0.25, 0.3) is 0 Å². The molecule has 0 spiro atoms. The molecule has 2 nitrogen and oxygen atoms in total. The van der Waals surface area contributed by atoms with E-state index in [1.165, 1.54) is 11.1 Å². The number of rotatable bonds is 7. The van der Waals surface area contributed by atoms with Gasteiger partial charge in [0, 0.05) is 6.61 Å². The molecule has 1 rings (SSSR count). The zero-order chi connectivity index (χ0) is 13.6. The molecular formula is C16H27NO. The number of ether oxygens (including phenoxy) is 1. The van der Waals surface area contributed by atoms with Gasteiger partial charge in [-0.2, -0.15) is 0 Å². The molecule has 102 valence electrons. The van der Waals surface area contributed by atoms with Crippen molar-refractivity contribution in [2.75, 3.05) is 13.2 Å². The summed E-state index contributed by atoms with van der Waals surface area (Å²) in [6, 6.07) is 8.91. The smallest absolute Gasteiger partial charge is 0.0820 e. The highest BCUT2D eigenvalue weighted by Crippen LogP contribution is 2.29. The number of nitrogens with one attached hydrogen (secondary N) is 1. The van der Waals surface area contributed by atoms with Crippen LogP contribution in [-0.2, 0) is 4.74 Å². The van der Waals surface area contributed by atoms with Crippen molar-refractivity contribution < 1.29 is 4.74 Å². The molecule has 1 aromatic rings. The molecular weight excluding hydrogens is 222 g/mol. The van der Waals surface area contributed by atoms with E-state index < -0.39 is 0 Å². The quantitative estimate of drug-likeness (QED) is 0.792. The van der Waals surface area contributed by atoms with Crippen LogP contribution < -0.4 is 5.32 Å². The van der Waals surface area contributed by atoms with Gasteiger partial charge in [-0.3, -0.25) is 0 Å². The summed E-state index contributed by atoms with van der Waals surface area (Å²) in [7, 11) is 0. The summed E-state index contributed by atoms with van der Waals surface area (Å²) in [5, 5.41) is 3.61. The summed E-state index contributed by atoms with van der Waals surface area (Å²) in [6.07, 6.45) is 1.13. The summed E-state index contributed by atoms with van der Waals surface area (Å²) < 4.78 is 5.92. The van der Waals surface area contributed by atoms with E-state index in [9.17, 15) is 0 Å². The van der Waals surface area contributed by atoms with Gasteiger partial charge in [-0.25, -0.2) is 0 Å². The minimum absolute atomic E-state index is 0.197. The molecule has 0 saturated heterocycles. The molecule has 0 heterocycles. The Morgan fingerprint density at radius 2 is 2.00 bits per heavy atom. The fraction of sp³-hybridized carbons (Fsp3) is 0.625. The van der Waals surface area contributed by atoms with Crippen LogP contribution in [0.4, 0.5) is 0 Å². The molecule has 0 radical (unpaired) electrons. The molecule has 1 unspecified atom stereocenters. The largest absolute Gasteiger partial charge is 0.374 e. The normalized spacial score (nSPS) is 13.6. The molecule has 0 aliphatic rings. The Morgan fingerprint density at radius 3 is 2.56 bits per heavy atom. The van der Waals surface area contributed by atoms with Gasteiger partial charge in [0.15, 0.2) is 0 Å². The van der Waals surface area contributed by atoms with E-state index in [-0.39, 0.29) is 11.6 Å². The highest BCUT2D eigenvalue weighted by Gasteiger charge is 2.30. The van der Waals surface area contributed by atoms with Crippen LogP contribution >= 0.6 is 0 Å². The molecule has 0 amide bonds. The molecule has 1 N–H and O–H groups in total. The lowest BCUT2D eigenvalue weighted by molar-refractivity contribution is -0.0391. The number of aryl methyl sites for hydroxylation is 1. The van der Waals surface area contributed by atoms with Gasteiger partial charge < -0.3 is 10.1 Å². The average molecular weight is 249 g/mol. The summed E-state index contributed by atoms with van der Waals surface area (Å²) in [6.45, 7) is 12.4. The lowest BCUT2D eigenvalue weighted by atomic mass is 9.90. The van der Waals surface area contributed by atoms with E-state index in [1.807, 2.05) is 0 Å². The second-order valence-corrected chi connectivity index (χ2v) is 5.34. The fourth-order valence-corrected chi connectivity index (χ4v) is 2.36. The molecule has 1 aromatic carbocycles. The van der Waals surface area contributed by atoms with Crippen LogP contribution in [-0.4, -0.2) is 18.8 Å². The van der Waals surface area contributed by atoms with E-state index in [0.717, 1.165) is 19.6 Å². The summed E-state index contributed by atoms with van der Waals surface area (Å²) in [5.74, 6) is 0. The third-order valence-electron chi connectivity index (χ3n) is 3.19. The Bertz CT molecular complexity index is 360. The van der Waals surface area contributed by atoms with E-state index >= 15 is 0 Å². The van der Waals surface area contributed by atoms with Crippen molar-refractivity contribution in [2.45, 2.75) is 52.7 Å². The van der Waals surface area contributed by atoms with Crippen LogP contribution in [0, 0.1) is 6.92 Å². The maximum Gasteiger partial charge on any atom is 0.0820 e. The van der Waals surface area contributed by atoms with Gasteiger partial charge >= 0.3 is 0 Å². The Kier molecular flexibility index (Phi) is 5.83. The van der Waals surface area contributed by atoms with E-state index in [0.29, 0.717) is 0 Å². The molecule has 2 heteroatoms. The van der Waals surface area contributed by atoms with Crippen LogP contribution in [0.15, 0.2) is 24.3 Å². The third kappa shape index (κ3) is 4.11. The molecule has 18 heavy (non-hydrogen) atoms. The SMILES string of the molecule is CCCNC(c1cccc(C)c1)C(C)(C)OCC. The van der Waals surface area contributed by atoms with Gasteiger partial charge in [-0.05, 0) is 46.2 Å². The third-order valence-corrected chi connectivity index (χ3v) is 3.19. The first-order chi connectivity index (χ1) is 8.51. The molecule has 0 aliphatic heterocycles. The first kappa shape index (κ1) is 15.2. The fourth-order valence-electron chi connectivity index (χ4n) is 2.36. The van der Waals surface area contributed by atoms with Crippen molar-refractivity contribution in [3.05, 3.63) is 35.4 Å². The van der Waals surface area contributed by atoms with Crippen LogP contribution in [0.5, 0.6) is 0 Å². The number of benzene rings is 1. The van der Waals surface area contributed by atoms with Crippen molar-refractivity contribution in [3.63, 3.8) is 0 Å². The lowest BCUT2D eigenvalue weighted by Crippen LogP contribution is -2.42. The Balaban J connectivity index is 2.97. The van der Waals surface area contributed by atoms with Crippen molar-refractivity contribution >= 4 is 0 Å². The lowest BCUT2D eigenvalue weighted by Gasteiger charge is -2.35. The first-order valence-electron chi connectivity index (χ1n) is 6.95. The predicted molar refractivity (Wildman–Crippen MR) is 77.9 cm³/mol. The second-order valence-electron chi connectivity index (χ2n) is 5.34. The van der Waals surface area contributed by atoms with Crippen molar-refractivity contribution in [1.82, 2.24) is 5.32 Å². The van der Waals surface area contributed by atoms with Crippen LogP contribution in [0.2, 0.25) is 0 Å². The maximum atomic E-state index is 5.92. The van der Waals surface area contributed by atoms with E-state index in [4.69, 9.17) is 4.74 Å². The Hall–Kier alpha value is -0.860. The van der Waals surface area contributed by atoms with Gasteiger partial charge in [0.1, 0.15) is 0 Å². The van der Waals surface area contributed by atoms with Gasteiger partial charge in [-0.15, -0.1) is 0 Å². The van der Waals surface area contributed by atoms with E-state index in [1.54, 1.807) is 0 Å². The average Bonchev–Trinajstić information content (AvgIpc) is 2.29. The van der Waals surface area contributed by atoms with Crippen LogP contribution in [0.3, 0.4) is 0 Å². The highest BCUT2D eigenvalue weighted by atomic mass is 16.5. The predicted octanol–water partition coefficient (Wildman–Crippen LogP) is 3.85. The first-order valence-corrected chi connectivity index (χ1v) is 6.95. The van der Waals surface area contributed by atoms with Crippen molar-refractivity contribution in [2.24, 2.45) is 0 Å². The van der Waals surface area contributed by atoms with Gasteiger partial charge in [0.2, 0.25) is 0 Å². The van der Waals surface area contributed by atoms with Gasteiger partial charge in [0.25, 0.3) is 0 Å². The second kappa shape index (κ2) is 6.91. The summed E-state index contributed by atoms with van der Waals surface area (Å²) in [4.78, 5) is 0. The Labute approximate surface area is 112 Å². The zero-order valence-electron chi connectivity index (χ0n) is 12.4. The maximum absolute atomic E-state index is 5.92. The molecule has 1 atom stereocenters. The molecule has 0 saturated carbocycles. The molecule has 0 aromatic heterocycles. The minimum Gasteiger partial charge on any atom is -0.374 e.